The van der Waals surface area contributed by atoms with Crippen molar-refractivity contribution in [1.82, 2.24) is 5.32 Å². The number of fused-ring (bicyclic) bond motifs is 5. The summed E-state index contributed by atoms with van der Waals surface area (Å²) in [6, 6.07) is -0.684. The van der Waals surface area contributed by atoms with Gasteiger partial charge in [-0.2, -0.15) is 0 Å². The van der Waals surface area contributed by atoms with Crippen LogP contribution in [0.15, 0.2) is 0 Å². The Kier molecular flexibility index (Phi) is 8.29. The van der Waals surface area contributed by atoms with Gasteiger partial charge in [0, 0.05) is 6.42 Å². The van der Waals surface area contributed by atoms with Gasteiger partial charge in [0.2, 0.25) is 0 Å². The second-order valence-corrected chi connectivity index (χ2v) is 13.9. The van der Waals surface area contributed by atoms with E-state index in [0.29, 0.717) is 36.0 Å². The van der Waals surface area contributed by atoms with E-state index in [0.717, 1.165) is 32.1 Å². The topological polar surface area (TPSA) is 107 Å². The van der Waals surface area contributed by atoms with Gasteiger partial charge in [0.05, 0.1) is 18.8 Å². The average Bonchev–Trinajstić information content (AvgIpc) is 3.16. The first-order valence-corrected chi connectivity index (χ1v) is 14.7. The van der Waals surface area contributed by atoms with Gasteiger partial charge in [-0.15, -0.1) is 0 Å². The summed E-state index contributed by atoms with van der Waals surface area (Å²) in [6.07, 6.45) is 9.28. The molecule has 0 saturated heterocycles. The number of carbonyl (C=O) groups is 2. The lowest BCUT2D eigenvalue weighted by atomic mass is 9.44. The second-order valence-electron chi connectivity index (χ2n) is 13.9. The zero-order valence-corrected chi connectivity index (χ0v) is 23.2. The van der Waals surface area contributed by atoms with Gasteiger partial charge in [0.25, 0.3) is 0 Å². The largest absolute Gasteiger partial charge is 0.480 e. The van der Waals surface area contributed by atoms with Crippen molar-refractivity contribution in [3.05, 3.63) is 0 Å². The highest BCUT2D eigenvalue weighted by Crippen LogP contribution is 2.68. The van der Waals surface area contributed by atoms with Crippen LogP contribution in [0.25, 0.3) is 0 Å². The van der Waals surface area contributed by atoms with Crippen molar-refractivity contribution < 1.29 is 24.9 Å². The number of Topliss-reactive ketones (excluding diaryl/α,β-unsaturated/α-hetero) is 1. The van der Waals surface area contributed by atoms with Crippen molar-refractivity contribution in [3.8, 4) is 0 Å². The van der Waals surface area contributed by atoms with Crippen molar-refractivity contribution in [1.29, 1.82) is 0 Å². The monoisotopic (exact) mass is 505 g/mol. The maximum absolute atomic E-state index is 12.6. The fourth-order valence-corrected chi connectivity index (χ4v) is 9.76. The molecule has 4 rings (SSSR count). The number of carbonyl (C=O) groups excluding carboxylic acids is 1. The predicted molar refractivity (Wildman–Crippen MR) is 140 cm³/mol. The van der Waals surface area contributed by atoms with E-state index in [4.69, 9.17) is 0 Å². The Bertz CT molecular complexity index is 815. The van der Waals surface area contributed by atoms with Crippen molar-refractivity contribution in [2.45, 2.75) is 117 Å². The minimum Gasteiger partial charge on any atom is -0.480 e. The van der Waals surface area contributed by atoms with Crippen molar-refractivity contribution in [2.75, 3.05) is 6.54 Å². The summed E-state index contributed by atoms with van der Waals surface area (Å²) in [6.45, 7) is 11.1. The van der Waals surface area contributed by atoms with Gasteiger partial charge in [-0.3, -0.25) is 14.9 Å². The molecule has 6 nitrogen and oxygen atoms in total. The summed E-state index contributed by atoms with van der Waals surface area (Å²) in [5.41, 5.74) is 0.417. The number of hydrogen-bond donors (Lipinski definition) is 4. The molecule has 4 aliphatic carbocycles. The van der Waals surface area contributed by atoms with E-state index in [-0.39, 0.29) is 47.2 Å². The summed E-state index contributed by atoms with van der Waals surface area (Å²) in [5.74, 6) is 2.31. The Morgan fingerprint density at radius 1 is 0.917 bits per heavy atom. The molecule has 4 saturated carbocycles. The fraction of sp³-hybridized carbons (Fsp3) is 0.933. The third-order valence-electron chi connectivity index (χ3n) is 11.7. The van der Waals surface area contributed by atoms with Gasteiger partial charge < -0.3 is 15.3 Å². The van der Waals surface area contributed by atoms with Crippen LogP contribution in [0.1, 0.15) is 98.8 Å². The lowest BCUT2D eigenvalue weighted by molar-refractivity contribution is -0.172. The third kappa shape index (κ3) is 5.03. The Labute approximate surface area is 218 Å². The minimum atomic E-state index is -0.899. The minimum absolute atomic E-state index is 0.0609. The predicted octanol–water partition coefficient (Wildman–Crippen LogP) is 4.66. The molecular formula is C30H51NO5. The van der Waals surface area contributed by atoms with Crippen molar-refractivity contribution in [2.24, 2.45) is 52.3 Å². The molecule has 36 heavy (non-hydrogen) atoms. The first-order chi connectivity index (χ1) is 16.9. The molecule has 4 fully saturated rings. The third-order valence-corrected chi connectivity index (χ3v) is 11.7. The Hall–Kier alpha value is -0.980. The Balaban J connectivity index is 1.36. The highest BCUT2D eigenvalue weighted by molar-refractivity contribution is 5.81. The van der Waals surface area contributed by atoms with Crippen LogP contribution >= 0.6 is 0 Å². The molecule has 6 heteroatoms. The molecule has 4 N–H and O–H groups in total. The molecule has 0 aromatic carbocycles. The summed E-state index contributed by atoms with van der Waals surface area (Å²) in [7, 11) is 0. The fourth-order valence-electron chi connectivity index (χ4n) is 9.76. The van der Waals surface area contributed by atoms with E-state index >= 15 is 0 Å². The van der Waals surface area contributed by atoms with Crippen molar-refractivity contribution >= 4 is 11.8 Å². The molecule has 4 aliphatic rings. The van der Waals surface area contributed by atoms with Crippen LogP contribution in [0.3, 0.4) is 0 Å². The van der Waals surface area contributed by atoms with Gasteiger partial charge in [-0.25, -0.2) is 0 Å². The molecule has 0 heterocycles. The molecule has 0 radical (unpaired) electrons. The number of aliphatic carboxylic acids is 1. The molecule has 0 amide bonds. The standard InChI is InChI=1S/C30H51NO5/c1-17(2)27(28(35)36)31-16-20(33)7-6-18(3)22-8-9-23-21-15-26(34)25-14-19(32)10-12-30(25,5)24(21)11-13-29(22,23)4/h17-19,21-27,31-32,34H,6-16H2,1-5H3,(H,35,36)/t18-,19-,21+,22-,23+,24+,25+,26+,27+,29-,30-/m1/s1. The Morgan fingerprint density at radius 3 is 2.25 bits per heavy atom. The van der Waals surface area contributed by atoms with E-state index < -0.39 is 12.0 Å². The number of nitrogens with one attached hydrogen (secondary N) is 1. The van der Waals surface area contributed by atoms with Crippen LogP contribution in [-0.4, -0.2) is 51.9 Å². The molecule has 206 valence electrons. The van der Waals surface area contributed by atoms with E-state index in [1.165, 1.54) is 25.7 Å². The number of hydrogen-bond acceptors (Lipinski definition) is 5. The average molecular weight is 506 g/mol. The normalized spacial score (nSPS) is 43.8. The van der Waals surface area contributed by atoms with Gasteiger partial charge in [0.15, 0.2) is 0 Å². The van der Waals surface area contributed by atoms with E-state index in [2.05, 4.69) is 26.1 Å². The summed E-state index contributed by atoms with van der Waals surface area (Å²) in [5, 5.41) is 33.8. The maximum atomic E-state index is 12.6. The maximum Gasteiger partial charge on any atom is 0.320 e. The number of carboxylic acids is 1. The summed E-state index contributed by atoms with van der Waals surface area (Å²) < 4.78 is 0. The molecule has 0 aromatic heterocycles. The zero-order chi connectivity index (χ0) is 26.4. The number of ketones is 1. The van der Waals surface area contributed by atoms with Crippen LogP contribution < -0.4 is 5.32 Å². The SMILES string of the molecule is CC(C)[C@H](NCC(=O)CC[C@@H](C)[C@H]1CC[C@H]2[C@@H]3C[C@H](O)[C@@H]4C[C@H](O)CC[C@]4(C)[C@H]3CC[C@]12C)C(=O)O. The lowest BCUT2D eigenvalue weighted by Gasteiger charge is -2.62. The molecule has 0 aliphatic heterocycles. The smallest absolute Gasteiger partial charge is 0.320 e. The number of rotatable bonds is 9. The molecule has 0 unspecified atom stereocenters. The first kappa shape index (κ1) is 28.0. The van der Waals surface area contributed by atoms with Crippen LogP contribution in [-0.2, 0) is 9.59 Å². The van der Waals surface area contributed by atoms with Crippen molar-refractivity contribution in [3.63, 3.8) is 0 Å². The quantitative estimate of drug-likeness (QED) is 0.363. The van der Waals surface area contributed by atoms with Gasteiger partial charge in [-0.1, -0.05) is 34.6 Å². The Morgan fingerprint density at radius 2 is 1.58 bits per heavy atom. The highest BCUT2D eigenvalue weighted by Gasteiger charge is 2.62. The van der Waals surface area contributed by atoms with E-state index in [9.17, 15) is 24.9 Å². The molecular weight excluding hydrogens is 454 g/mol. The van der Waals surface area contributed by atoms with Gasteiger partial charge >= 0.3 is 5.97 Å². The van der Waals surface area contributed by atoms with Gasteiger partial charge in [0.1, 0.15) is 11.8 Å². The summed E-state index contributed by atoms with van der Waals surface area (Å²) in [4.78, 5) is 24.0. The second kappa shape index (κ2) is 10.6. The van der Waals surface area contributed by atoms with Crippen LogP contribution in [0.4, 0.5) is 0 Å². The molecule has 0 bridgehead atoms. The number of aliphatic hydroxyl groups excluding tert-OH is 2. The molecule has 0 spiro atoms. The molecule has 0 aromatic rings. The van der Waals surface area contributed by atoms with Crippen LogP contribution in [0.5, 0.6) is 0 Å². The van der Waals surface area contributed by atoms with Crippen LogP contribution in [0, 0.1) is 52.3 Å². The summed E-state index contributed by atoms with van der Waals surface area (Å²) >= 11 is 0. The zero-order valence-electron chi connectivity index (χ0n) is 23.2. The molecule has 11 atom stereocenters. The van der Waals surface area contributed by atoms with E-state index in [1.54, 1.807) is 0 Å². The first-order valence-electron chi connectivity index (χ1n) is 14.7. The number of aliphatic hydroxyl groups is 2. The highest BCUT2D eigenvalue weighted by atomic mass is 16.4. The van der Waals surface area contributed by atoms with Crippen LogP contribution in [0.2, 0.25) is 0 Å². The van der Waals surface area contributed by atoms with Gasteiger partial charge in [-0.05, 0) is 110 Å². The lowest BCUT2D eigenvalue weighted by Crippen LogP contribution is -2.58. The van der Waals surface area contributed by atoms with E-state index in [1.807, 2.05) is 13.8 Å². The number of carboxylic acid groups (broad SMARTS) is 1.